The zero-order valence-corrected chi connectivity index (χ0v) is 14.4. The van der Waals surface area contributed by atoms with Crippen molar-refractivity contribution in [3.63, 3.8) is 0 Å². The monoisotopic (exact) mass is 326 g/mol. The number of ether oxygens (including phenoxy) is 1. The third-order valence-corrected chi connectivity index (χ3v) is 3.53. The number of hydrogen-bond donors (Lipinski definition) is 0. The van der Waals surface area contributed by atoms with E-state index in [1.165, 1.54) is 9.47 Å². The average molecular weight is 326 g/mol. The quantitative estimate of drug-likeness (QED) is 0.804. The Morgan fingerprint density at radius 3 is 2.42 bits per heavy atom. The van der Waals surface area contributed by atoms with Crippen molar-refractivity contribution in [1.82, 2.24) is 9.47 Å². The smallest absolute Gasteiger partial charge is 0.340 e. The van der Waals surface area contributed by atoms with E-state index in [2.05, 4.69) is 0 Å². The molecular formula is C19H22N2O3. The largest absolute Gasteiger partial charge is 0.462 e. The molecule has 1 aromatic heterocycles. The van der Waals surface area contributed by atoms with E-state index < -0.39 is 5.97 Å². The maximum atomic E-state index is 12.4. The predicted octanol–water partition coefficient (Wildman–Crippen LogP) is 3.76. The number of rotatable bonds is 4. The van der Waals surface area contributed by atoms with Crippen molar-refractivity contribution >= 4 is 23.6 Å². The first-order valence-electron chi connectivity index (χ1n) is 7.79. The van der Waals surface area contributed by atoms with Crippen molar-refractivity contribution in [3.05, 3.63) is 59.4 Å². The summed E-state index contributed by atoms with van der Waals surface area (Å²) in [6.45, 7) is 3.92. The molecule has 0 aliphatic carbocycles. The standard InChI is InChI=1S/C19H22N2O3/c1-5-24-18(22)16-11-12-21(19(23)20(3)4)17(16)14(2)13-15-9-7-6-8-10-15/h6-13H,5H2,1-4H3/b14-13+. The highest BCUT2D eigenvalue weighted by Gasteiger charge is 2.22. The predicted molar refractivity (Wildman–Crippen MR) is 94.9 cm³/mol. The Kier molecular flexibility index (Phi) is 5.58. The minimum Gasteiger partial charge on any atom is -0.462 e. The van der Waals surface area contributed by atoms with Crippen LogP contribution in [0.25, 0.3) is 11.6 Å². The summed E-state index contributed by atoms with van der Waals surface area (Å²) in [4.78, 5) is 26.1. The third-order valence-electron chi connectivity index (χ3n) is 3.53. The van der Waals surface area contributed by atoms with Crippen molar-refractivity contribution in [2.45, 2.75) is 13.8 Å². The fourth-order valence-corrected chi connectivity index (χ4v) is 2.45. The van der Waals surface area contributed by atoms with Gasteiger partial charge >= 0.3 is 12.0 Å². The summed E-state index contributed by atoms with van der Waals surface area (Å²) < 4.78 is 6.59. The van der Waals surface area contributed by atoms with Gasteiger partial charge < -0.3 is 9.64 Å². The van der Waals surface area contributed by atoms with E-state index in [-0.39, 0.29) is 12.6 Å². The fraction of sp³-hybridized carbons (Fsp3) is 0.263. The lowest BCUT2D eigenvalue weighted by Crippen LogP contribution is -2.28. The van der Waals surface area contributed by atoms with Crippen LogP contribution in [-0.2, 0) is 4.74 Å². The number of aromatic nitrogens is 1. The van der Waals surface area contributed by atoms with Gasteiger partial charge in [-0.15, -0.1) is 0 Å². The molecule has 1 aromatic carbocycles. The molecule has 2 aromatic rings. The van der Waals surface area contributed by atoms with Crippen molar-refractivity contribution in [3.8, 4) is 0 Å². The molecule has 0 unspecified atom stereocenters. The minimum atomic E-state index is -0.432. The molecular weight excluding hydrogens is 304 g/mol. The van der Waals surface area contributed by atoms with Gasteiger partial charge in [-0.1, -0.05) is 30.3 Å². The summed E-state index contributed by atoms with van der Waals surface area (Å²) in [5.74, 6) is -0.432. The Hall–Kier alpha value is -2.82. The molecule has 126 valence electrons. The van der Waals surface area contributed by atoms with E-state index in [0.717, 1.165) is 11.1 Å². The van der Waals surface area contributed by atoms with Crippen molar-refractivity contribution in [1.29, 1.82) is 0 Å². The first-order chi connectivity index (χ1) is 11.5. The van der Waals surface area contributed by atoms with Crippen molar-refractivity contribution < 1.29 is 14.3 Å². The van der Waals surface area contributed by atoms with Crippen LogP contribution in [0.15, 0.2) is 42.6 Å². The fourth-order valence-electron chi connectivity index (χ4n) is 2.45. The number of carbonyl (C=O) groups excluding carboxylic acids is 2. The van der Waals surface area contributed by atoms with Gasteiger partial charge in [0.15, 0.2) is 0 Å². The third kappa shape index (κ3) is 3.74. The first kappa shape index (κ1) is 17.5. The van der Waals surface area contributed by atoms with Crippen LogP contribution in [0.4, 0.5) is 4.79 Å². The molecule has 1 amide bonds. The lowest BCUT2D eigenvalue weighted by molar-refractivity contribution is 0.0526. The number of nitrogens with zero attached hydrogens (tertiary/aromatic N) is 2. The second-order valence-electron chi connectivity index (χ2n) is 5.58. The number of allylic oxidation sites excluding steroid dienone is 1. The molecule has 5 nitrogen and oxygen atoms in total. The lowest BCUT2D eigenvalue weighted by Gasteiger charge is -2.15. The highest BCUT2D eigenvalue weighted by molar-refractivity contribution is 5.99. The van der Waals surface area contributed by atoms with Crippen LogP contribution in [0, 0.1) is 0 Å². The number of benzene rings is 1. The highest BCUT2D eigenvalue weighted by Crippen LogP contribution is 2.24. The molecule has 0 N–H and O–H groups in total. The highest BCUT2D eigenvalue weighted by atomic mass is 16.5. The van der Waals surface area contributed by atoms with Gasteiger partial charge in [-0.25, -0.2) is 9.59 Å². The van der Waals surface area contributed by atoms with Crippen LogP contribution in [-0.4, -0.2) is 42.2 Å². The van der Waals surface area contributed by atoms with Gasteiger partial charge in [0.05, 0.1) is 17.9 Å². The van der Waals surface area contributed by atoms with E-state index in [9.17, 15) is 9.59 Å². The average Bonchev–Trinajstić information content (AvgIpc) is 3.00. The van der Waals surface area contributed by atoms with Gasteiger partial charge in [0.1, 0.15) is 0 Å². The topological polar surface area (TPSA) is 51.5 Å². The number of hydrogen-bond acceptors (Lipinski definition) is 3. The molecule has 0 bridgehead atoms. The SMILES string of the molecule is CCOC(=O)c1ccn(C(=O)N(C)C)c1/C(C)=C/c1ccccc1. The Bertz CT molecular complexity index is 758. The zero-order valence-electron chi connectivity index (χ0n) is 14.4. The summed E-state index contributed by atoms with van der Waals surface area (Å²) >= 11 is 0. The Morgan fingerprint density at radius 2 is 1.83 bits per heavy atom. The molecule has 0 atom stereocenters. The molecule has 24 heavy (non-hydrogen) atoms. The van der Waals surface area contributed by atoms with Crippen molar-refractivity contribution in [2.24, 2.45) is 0 Å². The van der Waals surface area contributed by atoms with Crippen molar-refractivity contribution in [2.75, 3.05) is 20.7 Å². The lowest BCUT2D eigenvalue weighted by atomic mass is 10.1. The summed E-state index contributed by atoms with van der Waals surface area (Å²) in [7, 11) is 3.35. The molecule has 2 rings (SSSR count). The second-order valence-corrected chi connectivity index (χ2v) is 5.58. The van der Waals surface area contributed by atoms with Crippen LogP contribution >= 0.6 is 0 Å². The van der Waals surface area contributed by atoms with Gasteiger partial charge in [-0.05, 0) is 37.1 Å². The van der Waals surface area contributed by atoms with E-state index in [1.54, 1.807) is 33.3 Å². The molecule has 1 heterocycles. The maximum Gasteiger partial charge on any atom is 0.340 e. The summed E-state index contributed by atoms with van der Waals surface area (Å²) in [5, 5.41) is 0. The maximum absolute atomic E-state index is 12.4. The molecule has 0 spiro atoms. The van der Waals surface area contributed by atoms with Gasteiger partial charge in [0.25, 0.3) is 0 Å². The second kappa shape index (κ2) is 7.64. The Morgan fingerprint density at radius 1 is 1.17 bits per heavy atom. The molecule has 0 saturated heterocycles. The molecule has 0 radical (unpaired) electrons. The normalized spacial score (nSPS) is 11.2. The Balaban J connectivity index is 2.55. The number of amides is 1. The summed E-state index contributed by atoms with van der Waals surface area (Å²) in [6, 6.07) is 11.2. The number of carbonyl (C=O) groups is 2. The van der Waals surface area contributed by atoms with Crippen LogP contribution in [0.2, 0.25) is 0 Å². The van der Waals surface area contributed by atoms with E-state index in [4.69, 9.17) is 4.74 Å². The molecule has 0 fully saturated rings. The van der Waals surface area contributed by atoms with E-state index >= 15 is 0 Å². The first-order valence-corrected chi connectivity index (χ1v) is 7.79. The minimum absolute atomic E-state index is 0.221. The molecule has 0 aliphatic heterocycles. The zero-order chi connectivity index (χ0) is 17.7. The summed E-state index contributed by atoms with van der Waals surface area (Å²) in [5.41, 5.74) is 2.74. The van der Waals surface area contributed by atoms with Gasteiger partial charge in [0.2, 0.25) is 0 Å². The summed E-state index contributed by atoms with van der Waals surface area (Å²) in [6.07, 6.45) is 3.55. The van der Waals surface area contributed by atoms with Crippen LogP contribution in [0.5, 0.6) is 0 Å². The van der Waals surface area contributed by atoms with E-state index in [0.29, 0.717) is 11.3 Å². The molecule has 0 aliphatic rings. The van der Waals surface area contributed by atoms with Gasteiger partial charge in [0, 0.05) is 20.3 Å². The van der Waals surface area contributed by atoms with E-state index in [1.807, 2.05) is 43.3 Å². The van der Waals surface area contributed by atoms with Crippen LogP contribution in [0.1, 0.15) is 35.5 Å². The number of esters is 1. The Labute approximate surface area is 142 Å². The van der Waals surface area contributed by atoms with Gasteiger partial charge in [-0.3, -0.25) is 4.57 Å². The van der Waals surface area contributed by atoms with Gasteiger partial charge in [-0.2, -0.15) is 0 Å². The molecule has 5 heteroatoms. The molecule has 0 saturated carbocycles. The van der Waals surface area contributed by atoms with Crippen LogP contribution in [0.3, 0.4) is 0 Å². The van der Waals surface area contributed by atoms with Crippen LogP contribution < -0.4 is 0 Å².